The van der Waals surface area contributed by atoms with E-state index in [4.69, 9.17) is 10.5 Å². The summed E-state index contributed by atoms with van der Waals surface area (Å²) in [5.41, 5.74) is 8.42. The van der Waals surface area contributed by atoms with Crippen LogP contribution in [0.3, 0.4) is 0 Å². The standard InChI is InChI=1S/C14H17N3O/c1-2-17-9-16-8-12(17)14-7-11(15)10-5-3-4-6-13(10)18-14/h3-6,8-9,11,14H,2,7,15H2,1H3. The maximum atomic E-state index is 6.22. The number of imidazole rings is 1. The summed E-state index contributed by atoms with van der Waals surface area (Å²) >= 11 is 0. The van der Waals surface area contributed by atoms with Gasteiger partial charge in [-0.25, -0.2) is 4.98 Å². The topological polar surface area (TPSA) is 53.1 Å². The van der Waals surface area contributed by atoms with Crippen molar-refractivity contribution in [2.45, 2.75) is 32.0 Å². The lowest BCUT2D eigenvalue weighted by Gasteiger charge is -2.30. The molecule has 2 unspecified atom stereocenters. The van der Waals surface area contributed by atoms with Gasteiger partial charge in [0.1, 0.15) is 11.9 Å². The van der Waals surface area contributed by atoms with Crippen LogP contribution in [0.5, 0.6) is 5.75 Å². The summed E-state index contributed by atoms with van der Waals surface area (Å²) in [6.45, 7) is 2.99. The van der Waals surface area contributed by atoms with Crippen molar-refractivity contribution in [3.05, 3.63) is 48.0 Å². The highest BCUT2D eigenvalue weighted by Crippen LogP contribution is 2.39. The molecule has 4 nitrogen and oxygen atoms in total. The summed E-state index contributed by atoms with van der Waals surface area (Å²) in [6, 6.07) is 8.02. The van der Waals surface area contributed by atoms with E-state index in [9.17, 15) is 0 Å². The lowest BCUT2D eigenvalue weighted by atomic mass is 9.96. The molecular weight excluding hydrogens is 226 g/mol. The van der Waals surface area contributed by atoms with Gasteiger partial charge in [-0.3, -0.25) is 0 Å². The fraction of sp³-hybridized carbons (Fsp3) is 0.357. The number of rotatable bonds is 2. The van der Waals surface area contributed by atoms with E-state index in [1.165, 1.54) is 0 Å². The predicted octanol–water partition coefficient (Wildman–Crippen LogP) is 2.43. The van der Waals surface area contributed by atoms with E-state index in [1.54, 1.807) is 0 Å². The molecule has 2 N–H and O–H groups in total. The first-order chi connectivity index (χ1) is 8.79. The summed E-state index contributed by atoms with van der Waals surface area (Å²) in [5.74, 6) is 0.894. The summed E-state index contributed by atoms with van der Waals surface area (Å²) in [5, 5.41) is 0. The summed E-state index contributed by atoms with van der Waals surface area (Å²) in [7, 11) is 0. The van der Waals surface area contributed by atoms with Crippen LogP contribution in [0.4, 0.5) is 0 Å². The number of aryl methyl sites for hydroxylation is 1. The summed E-state index contributed by atoms with van der Waals surface area (Å²) in [6.07, 6.45) is 4.50. The number of para-hydroxylation sites is 1. The van der Waals surface area contributed by atoms with E-state index >= 15 is 0 Å². The molecule has 0 radical (unpaired) electrons. The Morgan fingerprint density at radius 1 is 1.44 bits per heavy atom. The molecule has 0 aliphatic carbocycles. The van der Waals surface area contributed by atoms with Crippen molar-refractivity contribution < 1.29 is 4.74 Å². The minimum Gasteiger partial charge on any atom is -0.484 e. The van der Waals surface area contributed by atoms with Crippen LogP contribution in [-0.4, -0.2) is 9.55 Å². The molecule has 0 bridgehead atoms. The summed E-state index contributed by atoms with van der Waals surface area (Å²) in [4.78, 5) is 4.19. The molecule has 0 fully saturated rings. The molecule has 1 aliphatic heterocycles. The van der Waals surface area contributed by atoms with E-state index in [-0.39, 0.29) is 12.1 Å². The Morgan fingerprint density at radius 2 is 2.28 bits per heavy atom. The lowest BCUT2D eigenvalue weighted by Crippen LogP contribution is -2.25. The van der Waals surface area contributed by atoms with Crippen molar-refractivity contribution in [1.29, 1.82) is 0 Å². The lowest BCUT2D eigenvalue weighted by molar-refractivity contribution is 0.153. The van der Waals surface area contributed by atoms with E-state index < -0.39 is 0 Å². The normalized spacial score (nSPS) is 22.3. The predicted molar refractivity (Wildman–Crippen MR) is 69.3 cm³/mol. The minimum atomic E-state index is -0.00245. The molecule has 18 heavy (non-hydrogen) atoms. The molecule has 0 saturated carbocycles. The molecule has 4 heteroatoms. The van der Waals surface area contributed by atoms with Gasteiger partial charge in [-0.1, -0.05) is 18.2 Å². The zero-order chi connectivity index (χ0) is 12.5. The second-order valence-electron chi connectivity index (χ2n) is 4.59. The van der Waals surface area contributed by atoms with Crippen molar-refractivity contribution in [3.8, 4) is 5.75 Å². The monoisotopic (exact) mass is 243 g/mol. The van der Waals surface area contributed by atoms with Crippen LogP contribution >= 0.6 is 0 Å². The Labute approximate surface area is 106 Å². The van der Waals surface area contributed by atoms with Gasteiger partial charge in [0.2, 0.25) is 0 Å². The zero-order valence-corrected chi connectivity index (χ0v) is 10.4. The molecule has 1 aromatic carbocycles. The number of hydrogen-bond acceptors (Lipinski definition) is 3. The van der Waals surface area contributed by atoms with Gasteiger partial charge < -0.3 is 15.0 Å². The molecule has 2 heterocycles. The fourth-order valence-electron chi connectivity index (χ4n) is 2.50. The average molecular weight is 243 g/mol. The third-order valence-corrected chi connectivity index (χ3v) is 3.47. The van der Waals surface area contributed by atoms with Crippen LogP contribution in [0.2, 0.25) is 0 Å². The largest absolute Gasteiger partial charge is 0.484 e. The maximum absolute atomic E-state index is 6.22. The highest BCUT2D eigenvalue weighted by Gasteiger charge is 2.28. The third kappa shape index (κ3) is 1.78. The van der Waals surface area contributed by atoms with Crippen molar-refractivity contribution in [2.24, 2.45) is 5.73 Å². The number of ether oxygens (including phenoxy) is 1. The average Bonchev–Trinajstić information content (AvgIpc) is 2.87. The van der Waals surface area contributed by atoms with Crippen molar-refractivity contribution in [2.75, 3.05) is 0 Å². The van der Waals surface area contributed by atoms with E-state index in [2.05, 4.69) is 16.5 Å². The molecule has 2 atom stereocenters. The van der Waals surface area contributed by atoms with Crippen LogP contribution in [0.1, 0.15) is 36.7 Å². The minimum absolute atomic E-state index is 0.00245. The first-order valence-corrected chi connectivity index (χ1v) is 6.30. The Morgan fingerprint density at radius 3 is 3.11 bits per heavy atom. The third-order valence-electron chi connectivity index (χ3n) is 3.47. The molecular formula is C14H17N3O. The van der Waals surface area contributed by atoms with Gasteiger partial charge in [0.15, 0.2) is 0 Å². The van der Waals surface area contributed by atoms with Gasteiger partial charge >= 0.3 is 0 Å². The van der Waals surface area contributed by atoms with Crippen molar-refractivity contribution in [3.63, 3.8) is 0 Å². The molecule has 1 aliphatic rings. The van der Waals surface area contributed by atoms with Gasteiger partial charge in [0.25, 0.3) is 0 Å². The molecule has 3 rings (SSSR count). The molecule has 94 valence electrons. The van der Waals surface area contributed by atoms with Crippen LogP contribution in [0, 0.1) is 0 Å². The number of fused-ring (bicyclic) bond motifs is 1. The van der Waals surface area contributed by atoms with Gasteiger partial charge in [-0.15, -0.1) is 0 Å². The van der Waals surface area contributed by atoms with E-state index in [0.717, 1.165) is 30.0 Å². The molecule has 0 spiro atoms. The molecule has 1 aromatic heterocycles. The number of nitrogens with zero attached hydrogens (tertiary/aromatic N) is 2. The molecule has 2 aromatic rings. The van der Waals surface area contributed by atoms with Gasteiger partial charge in [0, 0.05) is 24.6 Å². The number of aromatic nitrogens is 2. The Balaban J connectivity index is 1.94. The molecule has 0 amide bonds. The Kier molecular flexibility index (Phi) is 2.80. The quantitative estimate of drug-likeness (QED) is 0.881. The van der Waals surface area contributed by atoms with Crippen LogP contribution in [0.25, 0.3) is 0 Å². The highest BCUT2D eigenvalue weighted by molar-refractivity contribution is 5.38. The number of benzene rings is 1. The number of nitrogens with two attached hydrogens (primary N) is 1. The Bertz CT molecular complexity index is 549. The van der Waals surface area contributed by atoms with Crippen LogP contribution in [-0.2, 0) is 6.54 Å². The zero-order valence-electron chi connectivity index (χ0n) is 10.4. The van der Waals surface area contributed by atoms with Crippen molar-refractivity contribution >= 4 is 0 Å². The maximum Gasteiger partial charge on any atom is 0.142 e. The van der Waals surface area contributed by atoms with Gasteiger partial charge in [0.05, 0.1) is 18.2 Å². The first-order valence-electron chi connectivity index (χ1n) is 6.30. The van der Waals surface area contributed by atoms with Crippen LogP contribution < -0.4 is 10.5 Å². The summed E-state index contributed by atoms with van der Waals surface area (Å²) < 4.78 is 8.15. The number of hydrogen-bond donors (Lipinski definition) is 1. The van der Waals surface area contributed by atoms with E-state index in [1.807, 2.05) is 36.8 Å². The van der Waals surface area contributed by atoms with Crippen molar-refractivity contribution in [1.82, 2.24) is 9.55 Å². The van der Waals surface area contributed by atoms with E-state index in [0.29, 0.717) is 0 Å². The first kappa shape index (κ1) is 11.3. The van der Waals surface area contributed by atoms with Gasteiger partial charge in [-0.2, -0.15) is 0 Å². The highest BCUT2D eigenvalue weighted by atomic mass is 16.5. The second kappa shape index (κ2) is 4.46. The second-order valence-corrected chi connectivity index (χ2v) is 4.59. The Hall–Kier alpha value is -1.81. The fourth-order valence-corrected chi connectivity index (χ4v) is 2.50. The van der Waals surface area contributed by atoms with Gasteiger partial charge in [-0.05, 0) is 13.0 Å². The van der Waals surface area contributed by atoms with Crippen LogP contribution in [0.15, 0.2) is 36.8 Å². The SMILES string of the molecule is CCn1cncc1C1CC(N)c2ccccc2O1. The smallest absolute Gasteiger partial charge is 0.142 e. The molecule has 0 saturated heterocycles.